The Kier molecular flexibility index (Phi) is 3.26. The predicted molar refractivity (Wildman–Crippen MR) is 80.5 cm³/mol. The summed E-state index contributed by atoms with van der Waals surface area (Å²) in [4.78, 5) is 25.5. The number of carbonyl (C=O) groups excluding carboxylic acids is 1. The molecule has 0 spiro atoms. The molecule has 0 radical (unpaired) electrons. The summed E-state index contributed by atoms with van der Waals surface area (Å²) in [6, 6.07) is 1.99. The van der Waals surface area contributed by atoms with E-state index >= 15 is 0 Å². The van der Waals surface area contributed by atoms with Gasteiger partial charge >= 0.3 is 0 Å². The third kappa shape index (κ3) is 2.23. The maximum atomic E-state index is 13.0. The zero-order valence-electron chi connectivity index (χ0n) is 12.6. The molecule has 1 aliphatic carbocycles. The average Bonchev–Trinajstić information content (AvgIpc) is 3.02. The normalized spacial score (nSPS) is 24.9. The number of imidazole rings is 1. The Morgan fingerprint density at radius 3 is 2.91 bits per heavy atom. The first-order valence-electron chi connectivity index (χ1n) is 7.78. The van der Waals surface area contributed by atoms with E-state index in [1.165, 1.54) is 12.8 Å². The van der Waals surface area contributed by atoms with Gasteiger partial charge in [-0.1, -0.05) is 0 Å². The van der Waals surface area contributed by atoms with Gasteiger partial charge in [-0.15, -0.1) is 0 Å². The monoisotopic (exact) mass is 300 g/mol. The molecule has 1 saturated heterocycles. The Hall–Kier alpha value is -2.08. The SMILES string of the molecule is CO[C@@H]1CC(c2ncc[nH]2)N(C(=O)c2[nH]ccc2C2CC2)C1. The minimum Gasteiger partial charge on any atom is -0.380 e. The molecule has 1 saturated carbocycles. The van der Waals surface area contributed by atoms with Crippen molar-refractivity contribution in [1.82, 2.24) is 19.9 Å². The van der Waals surface area contributed by atoms with Crippen LogP contribution in [0.15, 0.2) is 24.7 Å². The fourth-order valence-corrected chi connectivity index (χ4v) is 3.36. The summed E-state index contributed by atoms with van der Waals surface area (Å²) < 4.78 is 5.48. The number of carbonyl (C=O) groups is 1. The van der Waals surface area contributed by atoms with E-state index in [1.807, 2.05) is 17.2 Å². The lowest BCUT2D eigenvalue weighted by Crippen LogP contribution is -2.33. The van der Waals surface area contributed by atoms with E-state index in [0.717, 1.165) is 23.5 Å². The summed E-state index contributed by atoms with van der Waals surface area (Å²) >= 11 is 0. The first-order chi connectivity index (χ1) is 10.8. The quantitative estimate of drug-likeness (QED) is 0.909. The topological polar surface area (TPSA) is 74.0 Å². The molecule has 22 heavy (non-hydrogen) atoms. The molecule has 2 atom stereocenters. The van der Waals surface area contributed by atoms with Gasteiger partial charge in [-0.05, 0) is 30.4 Å². The number of aromatic amines is 2. The molecule has 1 unspecified atom stereocenters. The number of methoxy groups -OCH3 is 1. The molecule has 116 valence electrons. The van der Waals surface area contributed by atoms with Crippen molar-refractivity contribution in [1.29, 1.82) is 0 Å². The minimum absolute atomic E-state index is 0.0489. The highest BCUT2D eigenvalue weighted by atomic mass is 16.5. The molecule has 2 fully saturated rings. The van der Waals surface area contributed by atoms with E-state index in [9.17, 15) is 4.79 Å². The maximum absolute atomic E-state index is 13.0. The van der Waals surface area contributed by atoms with Crippen molar-refractivity contribution in [3.8, 4) is 0 Å². The van der Waals surface area contributed by atoms with Gasteiger partial charge in [0.1, 0.15) is 11.5 Å². The van der Waals surface area contributed by atoms with Gasteiger partial charge in [0.25, 0.3) is 5.91 Å². The van der Waals surface area contributed by atoms with Crippen LogP contribution in [0.5, 0.6) is 0 Å². The molecule has 2 aromatic rings. The van der Waals surface area contributed by atoms with Crippen LogP contribution in [-0.4, -0.2) is 45.5 Å². The first-order valence-corrected chi connectivity index (χ1v) is 7.78. The minimum atomic E-state index is -0.0530. The van der Waals surface area contributed by atoms with E-state index in [2.05, 4.69) is 15.0 Å². The van der Waals surface area contributed by atoms with Crippen molar-refractivity contribution < 1.29 is 9.53 Å². The lowest BCUT2D eigenvalue weighted by molar-refractivity contribution is 0.0678. The van der Waals surface area contributed by atoms with Gasteiger partial charge in [-0.3, -0.25) is 4.79 Å². The Morgan fingerprint density at radius 1 is 1.36 bits per heavy atom. The van der Waals surface area contributed by atoms with Crippen molar-refractivity contribution in [2.24, 2.45) is 0 Å². The third-order valence-electron chi connectivity index (χ3n) is 4.70. The Bertz CT molecular complexity index is 660. The Labute approximate surface area is 128 Å². The number of hydrogen-bond acceptors (Lipinski definition) is 3. The predicted octanol–water partition coefficient (Wildman–Crippen LogP) is 2.22. The van der Waals surface area contributed by atoms with Crippen molar-refractivity contribution in [3.05, 3.63) is 41.7 Å². The van der Waals surface area contributed by atoms with Gasteiger partial charge in [-0.2, -0.15) is 0 Å². The molecule has 6 heteroatoms. The molecule has 2 aromatic heterocycles. The summed E-state index contributed by atoms with van der Waals surface area (Å²) in [5.41, 5.74) is 1.89. The molecule has 0 bridgehead atoms. The largest absolute Gasteiger partial charge is 0.380 e. The molecule has 1 aliphatic heterocycles. The second kappa shape index (κ2) is 5.28. The van der Waals surface area contributed by atoms with Crippen molar-refractivity contribution in [2.75, 3.05) is 13.7 Å². The van der Waals surface area contributed by atoms with Gasteiger partial charge in [-0.25, -0.2) is 4.98 Å². The van der Waals surface area contributed by atoms with E-state index in [0.29, 0.717) is 12.5 Å². The summed E-state index contributed by atoms with van der Waals surface area (Å²) in [6.07, 6.45) is 8.58. The fraction of sp³-hybridized carbons (Fsp3) is 0.500. The number of H-pyrrole nitrogens is 2. The highest BCUT2D eigenvalue weighted by Gasteiger charge is 2.40. The van der Waals surface area contributed by atoms with Crippen LogP contribution in [0.1, 0.15) is 53.1 Å². The molecule has 2 aliphatic rings. The number of nitrogens with zero attached hydrogens (tertiary/aromatic N) is 2. The molecule has 0 aromatic carbocycles. The van der Waals surface area contributed by atoms with Crippen LogP contribution >= 0.6 is 0 Å². The number of amides is 1. The highest BCUT2D eigenvalue weighted by Crippen LogP contribution is 2.42. The molecule has 3 heterocycles. The summed E-state index contributed by atoms with van der Waals surface area (Å²) in [7, 11) is 1.70. The van der Waals surface area contributed by atoms with E-state index in [-0.39, 0.29) is 18.1 Å². The number of likely N-dealkylation sites (tertiary alicyclic amines) is 1. The van der Waals surface area contributed by atoms with Crippen LogP contribution in [0, 0.1) is 0 Å². The maximum Gasteiger partial charge on any atom is 0.271 e. The zero-order chi connectivity index (χ0) is 15.1. The van der Waals surface area contributed by atoms with Crippen LogP contribution in [0.3, 0.4) is 0 Å². The van der Waals surface area contributed by atoms with Crippen molar-refractivity contribution in [2.45, 2.75) is 37.3 Å². The number of ether oxygens (including phenoxy) is 1. The van der Waals surface area contributed by atoms with Gasteiger partial charge in [0.05, 0.1) is 12.1 Å². The highest BCUT2D eigenvalue weighted by molar-refractivity contribution is 5.94. The molecule has 1 amide bonds. The summed E-state index contributed by atoms with van der Waals surface area (Å²) in [5, 5.41) is 0. The second-order valence-corrected chi connectivity index (χ2v) is 6.12. The average molecular weight is 300 g/mol. The molecular formula is C16H20N4O2. The van der Waals surface area contributed by atoms with Crippen molar-refractivity contribution in [3.63, 3.8) is 0 Å². The molecular weight excluding hydrogens is 280 g/mol. The smallest absolute Gasteiger partial charge is 0.271 e. The summed E-state index contributed by atoms with van der Waals surface area (Å²) in [6.45, 7) is 0.601. The zero-order valence-corrected chi connectivity index (χ0v) is 12.6. The second-order valence-electron chi connectivity index (χ2n) is 6.12. The first kappa shape index (κ1) is 13.6. The lowest BCUT2D eigenvalue weighted by Gasteiger charge is -2.23. The number of hydrogen-bond donors (Lipinski definition) is 2. The van der Waals surface area contributed by atoms with E-state index in [1.54, 1.807) is 19.5 Å². The van der Waals surface area contributed by atoms with E-state index < -0.39 is 0 Å². The third-order valence-corrected chi connectivity index (χ3v) is 4.70. The molecule has 2 N–H and O–H groups in total. The number of nitrogens with one attached hydrogen (secondary N) is 2. The standard InChI is InChI=1S/C16H20N4O2/c1-22-11-8-13(15-18-6-7-19-15)20(9-11)16(21)14-12(4-5-17-14)10-2-3-10/h4-7,10-11,13,17H,2-3,8-9H2,1H3,(H,18,19)/t11-,13?/m1/s1. The van der Waals surface area contributed by atoms with Gasteiger partial charge in [0.15, 0.2) is 0 Å². The Balaban J connectivity index is 1.63. The number of aromatic nitrogens is 3. The van der Waals surface area contributed by atoms with Crippen LogP contribution in [0.4, 0.5) is 0 Å². The van der Waals surface area contributed by atoms with Crippen LogP contribution in [0.2, 0.25) is 0 Å². The lowest BCUT2D eigenvalue weighted by atomic mass is 10.1. The Morgan fingerprint density at radius 2 is 2.23 bits per heavy atom. The number of rotatable bonds is 4. The van der Waals surface area contributed by atoms with E-state index in [4.69, 9.17) is 4.74 Å². The van der Waals surface area contributed by atoms with Crippen LogP contribution < -0.4 is 0 Å². The summed E-state index contributed by atoms with van der Waals surface area (Å²) in [5.74, 6) is 1.42. The fourth-order valence-electron chi connectivity index (χ4n) is 3.36. The van der Waals surface area contributed by atoms with Crippen LogP contribution in [0.25, 0.3) is 0 Å². The van der Waals surface area contributed by atoms with Crippen molar-refractivity contribution >= 4 is 5.91 Å². The van der Waals surface area contributed by atoms with Gasteiger partial charge in [0, 0.05) is 38.7 Å². The van der Waals surface area contributed by atoms with Crippen LogP contribution in [-0.2, 0) is 4.74 Å². The van der Waals surface area contributed by atoms with Gasteiger partial charge in [0.2, 0.25) is 0 Å². The van der Waals surface area contributed by atoms with Gasteiger partial charge < -0.3 is 19.6 Å². The molecule has 4 rings (SSSR count). The molecule has 6 nitrogen and oxygen atoms in total.